The quantitative estimate of drug-likeness (QED) is 0.749. The molecule has 0 saturated carbocycles. The Balaban J connectivity index is 2.79. The van der Waals surface area contributed by atoms with Crippen molar-refractivity contribution in [2.45, 2.75) is 39.3 Å². The fraction of sp³-hybridized carbons (Fsp3) is 0.500. The third-order valence-electron chi connectivity index (χ3n) is 2.30. The molecule has 3 N–H and O–H groups in total. The highest BCUT2D eigenvalue weighted by Gasteiger charge is 2.16. The van der Waals surface area contributed by atoms with Crippen molar-refractivity contribution in [3.8, 4) is 0 Å². The van der Waals surface area contributed by atoms with Crippen molar-refractivity contribution >= 4 is 11.6 Å². The lowest BCUT2D eigenvalue weighted by Crippen LogP contribution is -2.38. The van der Waals surface area contributed by atoms with Gasteiger partial charge in [0.25, 0.3) is 5.91 Å². The van der Waals surface area contributed by atoms with Crippen molar-refractivity contribution < 1.29 is 9.90 Å². The molecule has 0 spiro atoms. The fourth-order valence-electron chi connectivity index (χ4n) is 1.51. The summed E-state index contributed by atoms with van der Waals surface area (Å²) in [5, 5.41) is 15.5. The van der Waals surface area contributed by atoms with E-state index in [1.54, 1.807) is 19.9 Å². The zero-order valence-corrected chi connectivity index (χ0v) is 11.4. The number of anilines is 1. The Kier molecular flexibility index (Phi) is 4.73. The van der Waals surface area contributed by atoms with E-state index in [0.29, 0.717) is 5.56 Å². The first-order valence-electron chi connectivity index (χ1n) is 6.16. The molecule has 0 saturated heterocycles. The van der Waals surface area contributed by atoms with Gasteiger partial charge in [0.1, 0.15) is 0 Å². The number of rotatable bonds is 5. The van der Waals surface area contributed by atoms with Crippen LogP contribution in [0.2, 0.25) is 0 Å². The van der Waals surface area contributed by atoms with Gasteiger partial charge in [-0.2, -0.15) is 0 Å². The Morgan fingerprint density at radius 3 is 2.50 bits per heavy atom. The van der Waals surface area contributed by atoms with Crippen molar-refractivity contribution in [1.82, 2.24) is 5.32 Å². The number of nitrogens with one attached hydrogen (secondary N) is 2. The molecule has 0 unspecified atom stereocenters. The van der Waals surface area contributed by atoms with E-state index in [0.717, 1.165) is 5.69 Å². The van der Waals surface area contributed by atoms with Crippen LogP contribution in [0.3, 0.4) is 0 Å². The predicted octanol–water partition coefficient (Wildman–Crippen LogP) is 2.01. The molecule has 0 bridgehead atoms. The van der Waals surface area contributed by atoms with Crippen molar-refractivity contribution in [3.63, 3.8) is 0 Å². The van der Waals surface area contributed by atoms with Gasteiger partial charge in [-0.1, -0.05) is 12.1 Å². The summed E-state index contributed by atoms with van der Waals surface area (Å²) >= 11 is 0. The van der Waals surface area contributed by atoms with Gasteiger partial charge in [-0.25, -0.2) is 0 Å². The van der Waals surface area contributed by atoms with E-state index < -0.39 is 5.60 Å². The minimum atomic E-state index is -0.907. The molecule has 0 atom stereocenters. The Morgan fingerprint density at radius 1 is 1.33 bits per heavy atom. The summed E-state index contributed by atoms with van der Waals surface area (Å²) in [5.74, 6) is -0.180. The molecule has 0 aliphatic heterocycles. The van der Waals surface area contributed by atoms with E-state index in [9.17, 15) is 9.90 Å². The van der Waals surface area contributed by atoms with Crippen LogP contribution in [-0.2, 0) is 0 Å². The topological polar surface area (TPSA) is 61.4 Å². The summed E-state index contributed by atoms with van der Waals surface area (Å²) < 4.78 is 0. The average Bonchev–Trinajstić information content (AvgIpc) is 2.25. The van der Waals surface area contributed by atoms with E-state index in [2.05, 4.69) is 10.6 Å². The highest BCUT2D eigenvalue weighted by Crippen LogP contribution is 2.16. The Bertz CT molecular complexity index is 409. The Morgan fingerprint density at radius 2 is 1.94 bits per heavy atom. The number of para-hydroxylation sites is 1. The Hall–Kier alpha value is -1.55. The van der Waals surface area contributed by atoms with Crippen molar-refractivity contribution in [2.24, 2.45) is 0 Å². The minimum absolute atomic E-state index is 0.180. The molecule has 0 aliphatic carbocycles. The molecule has 1 aromatic carbocycles. The summed E-state index contributed by atoms with van der Waals surface area (Å²) in [7, 11) is 0. The largest absolute Gasteiger partial charge is 0.389 e. The fourth-order valence-corrected chi connectivity index (χ4v) is 1.51. The molecule has 4 nitrogen and oxygen atoms in total. The maximum atomic E-state index is 12.0. The maximum Gasteiger partial charge on any atom is 0.253 e. The highest BCUT2D eigenvalue weighted by molar-refractivity contribution is 5.99. The molecule has 1 amide bonds. The molecular weight excluding hydrogens is 228 g/mol. The smallest absolute Gasteiger partial charge is 0.253 e. The monoisotopic (exact) mass is 250 g/mol. The molecule has 100 valence electrons. The van der Waals surface area contributed by atoms with Gasteiger partial charge >= 0.3 is 0 Å². The number of aliphatic hydroxyl groups is 1. The standard InChI is InChI=1S/C14H22N2O2/c1-10(2)16-12-8-6-5-7-11(12)13(17)15-9-14(3,4)18/h5-8,10,16,18H,9H2,1-4H3,(H,15,17). The molecule has 18 heavy (non-hydrogen) atoms. The van der Waals surface area contributed by atoms with E-state index in [4.69, 9.17) is 0 Å². The molecule has 0 fully saturated rings. The van der Waals surface area contributed by atoms with Gasteiger partial charge in [-0.3, -0.25) is 4.79 Å². The van der Waals surface area contributed by atoms with Crippen LogP contribution < -0.4 is 10.6 Å². The van der Waals surface area contributed by atoms with Crippen molar-refractivity contribution in [2.75, 3.05) is 11.9 Å². The average molecular weight is 250 g/mol. The predicted molar refractivity (Wildman–Crippen MR) is 73.8 cm³/mol. The van der Waals surface area contributed by atoms with Crippen LogP contribution in [0.25, 0.3) is 0 Å². The van der Waals surface area contributed by atoms with Crippen molar-refractivity contribution in [1.29, 1.82) is 0 Å². The number of carbonyl (C=O) groups excluding carboxylic acids is 1. The van der Waals surface area contributed by atoms with Gasteiger partial charge in [0.2, 0.25) is 0 Å². The number of benzene rings is 1. The number of carbonyl (C=O) groups is 1. The normalized spacial score (nSPS) is 11.4. The van der Waals surface area contributed by atoms with E-state index in [1.807, 2.05) is 32.0 Å². The first kappa shape index (κ1) is 14.5. The maximum absolute atomic E-state index is 12.0. The molecule has 1 aromatic rings. The molecule has 0 aromatic heterocycles. The van der Waals surface area contributed by atoms with Crippen LogP contribution in [0.1, 0.15) is 38.1 Å². The van der Waals surface area contributed by atoms with Gasteiger partial charge in [0.15, 0.2) is 0 Å². The SMILES string of the molecule is CC(C)Nc1ccccc1C(=O)NCC(C)(C)O. The third-order valence-corrected chi connectivity index (χ3v) is 2.30. The van der Waals surface area contributed by atoms with E-state index >= 15 is 0 Å². The second-order valence-electron chi connectivity index (χ2n) is 5.34. The molecule has 0 radical (unpaired) electrons. The van der Waals surface area contributed by atoms with Gasteiger partial charge in [0.05, 0.1) is 11.2 Å². The minimum Gasteiger partial charge on any atom is -0.389 e. The second-order valence-corrected chi connectivity index (χ2v) is 5.34. The lowest BCUT2D eigenvalue weighted by molar-refractivity contribution is 0.0694. The third kappa shape index (κ3) is 4.75. The number of amides is 1. The lowest BCUT2D eigenvalue weighted by Gasteiger charge is -2.19. The van der Waals surface area contributed by atoms with Crippen LogP contribution in [0, 0.1) is 0 Å². The molecular formula is C14H22N2O2. The van der Waals surface area contributed by atoms with Crippen LogP contribution >= 0.6 is 0 Å². The lowest BCUT2D eigenvalue weighted by atomic mass is 10.1. The van der Waals surface area contributed by atoms with Crippen LogP contribution in [0.15, 0.2) is 24.3 Å². The summed E-state index contributed by atoms with van der Waals surface area (Å²) in [4.78, 5) is 12.0. The van der Waals surface area contributed by atoms with Crippen LogP contribution in [0.4, 0.5) is 5.69 Å². The van der Waals surface area contributed by atoms with Crippen LogP contribution in [-0.4, -0.2) is 29.2 Å². The van der Waals surface area contributed by atoms with Gasteiger partial charge in [-0.05, 0) is 39.8 Å². The first-order chi connectivity index (χ1) is 8.29. The first-order valence-corrected chi connectivity index (χ1v) is 6.16. The van der Waals surface area contributed by atoms with E-state index in [1.165, 1.54) is 0 Å². The van der Waals surface area contributed by atoms with Gasteiger partial charge in [-0.15, -0.1) is 0 Å². The van der Waals surface area contributed by atoms with Crippen molar-refractivity contribution in [3.05, 3.63) is 29.8 Å². The molecule has 1 rings (SSSR count). The highest BCUT2D eigenvalue weighted by atomic mass is 16.3. The second kappa shape index (κ2) is 5.87. The zero-order chi connectivity index (χ0) is 13.8. The number of hydrogen-bond donors (Lipinski definition) is 3. The zero-order valence-electron chi connectivity index (χ0n) is 11.4. The summed E-state index contributed by atoms with van der Waals surface area (Å²) in [6.45, 7) is 7.58. The summed E-state index contributed by atoms with van der Waals surface area (Å²) in [5.41, 5.74) is 0.493. The summed E-state index contributed by atoms with van der Waals surface area (Å²) in [6, 6.07) is 7.61. The molecule has 0 heterocycles. The summed E-state index contributed by atoms with van der Waals surface area (Å²) in [6.07, 6.45) is 0. The Labute approximate surface area is 108 Å². The van der Waals surface area contributed by atoms with Crippen LogP contribution in [0.5, 0.6) is 0 Å². The van der Waals surface area contributed by atoms with Gasteiger partial charge in [0, 0.05) is 18.3 Å². The molecule has 4 heteroatoms. The van der Waals surface area contributed by atoms with E-state index in [-0.39, 0.29) is 18.5 Å². The number of hydrogen-bond acceptors (Lipinski definition) is 3. The molecule has 0 aliphatic rings. The van der Waals surface area contributed by atoms with Gasteiger partial charge < -0.3 is 15.7 Å².